The lowest BCUT2D eigenvalue weighted by Gasteiger charge is -2.27. The number of amides is 1. The number of carbonyl (C=O) groups excluding carboxylic acids is 4. The van der Waals surface area contributed by atoms with E-state index in [9.17, 15) is 19.2 Å². The van der Waals surface area contributed by atoms with Crippen LogP contribution in [0.3, 0.4) is 0 Å². The smallest absolute Gasteiger partial charge is 0.326 e. The predicted octanol–water partition coefficient (Wildman–Crippen LogP) is 2.54. The number of rotatable bonds is 10. The molecule has 1 aromatic carbocycles. The van der Waals surface area contributed by atoms with E-state index in [1.807, 2.05) is 43.3 Å². The van der Waals surface area contributed by atoms with Gasteiger partial charge in [-0.3, -0.25) is 29.4 Å². The number of nitrogens with one attached hydrogen (secondary N) is 1. The second kappa shape index (κ2) is 12.9. The molecule has 0 aliphatic carbocycles. The van der Waals surface area contributed by atoms with Crippen molar-refractivity contribution in [1.82, 2.24) is 10.2 Å². The number of methoxy groups -OCH3 is 1. The highest BCUT2D eigenvalue weighted by molar-refractivity contribution is 6.17. The van der Waals surface area contributed by atoms with Gasteiger partial charge in [0.15, 0.2) is 0 Å². The van der Waals surface area contributed by atoms with Gasteiger partial charge in [0.25, 0.3) is 5.91 Å². The quantitative estimate of drug-likeness (QED) is 0.269. The van der Waals surface area contributed by atoms with Gasteiger partial charge in [0.05, 0.1) is 26.1 Å². The molecule has 0 saturated heterocycles. The van der Waals surface area contributed by atoms with Gasteiger partial charge < -0.3 is 19.1 Å². The Balaban J connectivity index is 2.49. The number of anilines is 1. The lowest BCUT2D eigenvalue weighted by atomic mass is 10.1. The van der Waals surface area contributed by atoms with E-state index in [0.717, 1.165) is 16.2 Å². The first-order valence-corrected chi connectivity index (χ1v) is 12.6. The monoisotopic (exact) mass is 544 g/mol. The van der Waals surface area contributed by atoms with Crippen molar-refractivity contribution >= 4 is 41.4 Å². The number of benzene rings is 1. The van der Waals surface area contributed by atoms with Gasteiger partial charge in [-0.25, -0.2) is 4.99 Å². The zero-order valence-corrected chi connectivity index (χ0v) is 24.3. The Morgan fingerprint density at radius 1 is 0.974 bits per heavy atom. The van der Waals surface area contributed by atoms with E-state index in [2.05, 4.69) is 10.3 Å². The molecule has 1 heterocycles. The molecule has 1 N–H and O–H groups in total. The molecule has 0 fully saturated rings. The van der Waals surface area contributed by atoms with Crippen LogP contribution in [0.5, 0.6) is 0 Å². The molecule has 0 bridgehead atoms. The summed E-state index contributed by atoms with van der Waals surface area (Å²) in [5.41, 5.74) is 0.244. The largest absolute Gasteiger partial charge is 0.468 e. The van der Waals surface area contributed by atoms with Gasteiger partial charge in [-0.1, -0.05) is 12.1 Å². The number of carbonyl (C=O) groups is 4. The number of esters is 3. The topological polar surface area (TPSA) is 127 Å². The molecule has 1 unspecified atom stereocenters. The SMILES string of the molecule is COC(=O)CNC(CC(=O)OC(C)(C)C)C1=N/C(=C\c2ccc(N(C)C)cc2)C(=O)N1CC(=O)OC(C)(C)C. The zero-order chi connectivity index (χ0) is 29.5. The van der Waals surface area contributed by atoms with Crippen molar-refractivity contribution in [3.8, 4) is 0 Å². The Labute approximate surface area is 230 Å². The third-order valence-electron chi connectivity index (χ3n) is 5.22. The van der Waals surface area contributed by atoms with Crippen LogP contribution in [0.25, 0.3) is 6.08 Å². The molecule has 11 nitrogen and oxygen atoms in total. The van der Waals surface area contributed by atoms with E-state index in [1.54, 1.807) is 47.6 Å². The summed E-state index contributed by atoms with van der Waals surface area (Å²) >= 11 is 0. The third kappa shape index (κ3) is 10.2. The van der Waals surface area contributed by atoms with Gasteiger partial charge in [0.2, 0.25) is 0 Å². The normalized spacial score (nSPS) is 15.6. The molecule has 214 valence electrons. The molecular weight excluding hydrogens is 504 g/mol. The number of aliphatic imine (C=N–C) groups is 1. The van der Waals surface area contributed by atoms with E-state index >= 15 is 0 Å². The van der Waals surface area contributed by atoms with Crippen LogP contribution in [0, 0.1) is 0 Å². The molecule has 1 aliphatic rings. The standard InChI is InChI=1S/C28H40N4O7/c1-27(2,3)38-22(33)15-20(29-16-23(34)37-9)25-30-21(14-18-10-12-19(13-11-18)31(7)8)26(36)32(25)17-24(35)39-28(4,5)6/h10-14,20,29H,15-17H2,1-9H3/b21-14-. The van der Waals surface area contributed by atoms with Crippen LogP contribution in [0.2, 0.25) is 0 Å². The summed E-state index contributed by atoms with van der Waals surface area (Å²) in [7, 11) is 5.08. The van der Waals surface area contributed by atoms with Gasteiger partial charge in [0.1, 0.15) is 29.3 Å². The minimum Gasteiger partial charge on any atom is -0.468 e. The van der Waals surface area contributed by atoms with Crippen molar-refractivity contribution in [1.29, 1.82) is 0 Å². The van der Waals surface area contributed by atoms with Crippen molar-refractivity contribution in [2.75, 3.05) is 39.2 Å². The van der Waals surface area contributed by atoms with Crippen molar-refractivity contribution in [3.05, 3.63) is 35.5 Å². The van der Waals surface area contributed by atoms with E-state index < -0.39 is 47.6 Å². The Morgan fingerprint density at radius 2 is 1.54 bits per heavy atom. The van der Waals surface area contributed by atoms with Crippen LogP contribution in [0.1, 0.15) is 53.5 Å². The number of ether oxygens (including phenoxy) is 3. The third-order valence-corrected chi connectivity index (χ3v) is 5.22. The maximum Gasteiger partial charge on any atom is 0.326 e. The van der Waals surface area contributed by atoms with Crippen LogP contribution in [0.4, 0.5) is 5.69 Å². The number of hydrogen-bond donors (Lipinski definition) is 1. The lowest BCUT2D eigenvalue weighted by molar-refractivity contribution is -0.156. The Morgan fingerprint density at radius 3 is 2.05 bits per heavy atom. The van der Waals surface area contributed by atoms with E-state index in [1.165, 1.54) is 7.11 Å². The molecule has 0 saturated carbocycles. The van der Waals surface area contributed by atoms with Crippen LogP contribution in [0.15, 0.2) is 35.0 Å². The molecule has 11 heteroatoms. The van der Waals surface area contributed by atoms with E-state index in [0.29, 0.717) is 0 Å². The highest BCUT2D eigenvalue weighted by Gasteiger charge is 2.38. The number of nitrogens with zero attached hydrogens (tertiary/aromatic N) is 3. The molecule has 39 heavy (non-hydrogen) atoms. The second-order valence-corrected chi connectivity index (χ2v) is 11.3. The minimum atomic E-state index is -0.938. The van der Waals surface area contributed by atoms with Crippen molar-refractivity contribution < 1.29 is 33.4 Å². The molecule has 0 radical (unpaired) electrons. The first kappa shape index (κ1) is 31.5. The molecule has 1 amide bonds. The lowest BCUT2D eigenvalue weighted by Crippen LogP contribution is -2.50. The zero-order valence-electron chi connectivity index (χ0n) is 24.3. The minimum absolute atomic E-state index is 0.0696. The Kier molecular flexibility index (Phi) is 10.4. The van der Waals surface area contributed by atoms with Gasteiger partial charge >= 0.3 is 17.9 Å². The summed E-state index contributed by atoms with van der Waals surface area (Å²) in [4.78, 5) is 58.5. The predicted molar refractivity (Wildman–Crippen MR) is 148 cm³/mol. The summed E-state index contributed by atoms with van der Waals surface area (Å²) < 4.78 is 15.6. The molecule has 1 aliphatic heterocycles. The maximum absolute atomic E-state index is 13.5. The number of hydrogen-bond acceptors (Lipinski definition) is 10. The summed E-state index contributed by atoms with van der Waals surface area (Å²) in [5, 5.41) is 2.92. The Bertz CT molecular complexity index is 1130. The van der Waals surface area contributed by atoms with Crippen molar-refractivity contribution in [3.63, 3.8) is 0 Å². The molecule has 1 aromatic rings. The van der Waals surface area contributed by atoms with Crippen LogP contribution < -0.4 is 10.2 Å². The average molecular weight is 545 g/mol. The highest BCUT2D eigenvalue weighted by Crippen LogP contribution is 2.23. The number of amidine groups is 1. The van der Waals surface area contributed by atoms with Crippen LogP contribution in [-0.4, -0.2) is 86.1 Å². The van der Waals surface area contributed by atoms with E-state index in [-0.39, 0.29) is 24.5 Å². The first-order chi connectivity index (χ1) is 18.0. The van der Waals surface area contributed by atoms with Crippen molar-refractivity contribution in [2.45, 2.75) is 65.2 Å². The van der Waals surface area contributed by atoms with Crippen molar-refractivity contribution in [2.24, 2.45) is 4.99 Å². The fourth-order valence-electron chi connectivity index (χ4n) is 3.60. The van der Waals surface area contributed by atoms with Gasteiger partial charge in [0, 0.05) is 19.8 Å². The van der Waals surface area contributed by atoms with Crippen LogP contribution >= 0.6 is 0 Å². The van der Waals surface area contributed by atoms with E-state index in [4.69, 9.17) is 14.2 Å². The molecular formula is C28H40N4O7. The van der Waals surface area contributed by atoms with Gasteiger partial charge in [-0.05, 0) is 65.3 Å². The van der Waals surface area contributed by atoms with Gasteiger partial charge in [-0.2, -0.15) is 0 Å². The van der Waals surface area contributed by atoms with Gasteiger partial charge in [-0.15, -0.1) is 0 Å². The fourth-order valence-corrected chi connectivity index (χ4v) is 3.60. The molecule has 2 rings (SSSR count). The highest BCUT2D eigenvalue weighted by atomic mass is 16.6. The van der Waals surface area contributed by atoms with Crippen LogP contribution in [-0.2, 0) is 33.4 Å². The molecule has 0 aromatic heterocycles. The summed E-state index contributed by atoms with van der Waals surface area (Å²) in [6.45, 7) is 9.66. The average Bonchev–Trinajstić information content (AvgIpc) is 3.09. The maximum atomic E-state index is 13.5. The summed E-state index contributed by atoms with van der Waals surface area (Å²) in [6, 6.07) is 6.55. The first-order valence-electron chi connectivity index (χ1n) is 12.6. The molecule has 0 spiro atoms. The summed E-state index contributed by atoms with van der Waals surface area (Å²) in [5.74, 6) is -2.25. The summed E-state index contributed by atoms with van der Waals surface area (Å²) in [6.07, 6.45) is 1.34. The molecule has 1 atom stereocenters. The second-order valence-electron chi connectivity index (χ2n) is 11.3. The Hall–Kier alpha value is -3.73. The fraction of sp³-hybridized carbons (Fsp3) is 0.536.